The molecule has 1 aliphatic heterocycles. The van der Waals surface area contributed by atoms with Gasteiger partial charge in [0.15, 0.2) is 0 Å². The Labute approximate surface area is 107 Å². The topological polar surface area (TPSA) is 69.8 Å². The van der Waals surface area contributed by atoms with E-state index in [0.29, 0.717) is 0 Å². The summed E-state index contributed by atoms with van der Waals surface area (Å²) in [7, 11) is 0. The van der Waals surface area contributed by atoms with Crippen molar-refractivity contribution in [2.45, 2.75) is 13.0 Å². The van der Waals surface area contributed by atoms with E-state index in [1.807, 2.05) is 19.1 Å². The van der Waals surface area contributed by atoms with Crippen molar-refractivity contribution in [2.75, 3.05) is 31.1 Å². The number of rotatable bonds is 3. The third-order valence-electron chi connectivity index (χ3n) is 3.49. The molecule has 1 aromatic rings. The lowest BCUT2D eigenvalue weighted by Crippen LogP contribution is -2.53. The van der Waals surface area contributed by atoms with E-state index in [4.69, 9.17) is 5.73 Å². The van der Waals surface area contributed by atoms with Crippen molar-refractivity contribution >= 4 is 11.6 Å². The van der Waals surface area contributed by atoms with Crippen LogP contribution >= 0.6 is 0 Å². The fraction of sp³-hybridized carbons (Fsp3) is 0.462. The maximum absolute atomic E-state index is 11.1. The van der Waals surface area contributed by atoms with Gasteiger partial charge in [0.2, 0.25) is 5.91 Å². The number of nitrogens with zero attached hydrogens (tertiary/aromatic N) is 2. The van der Waals surface area contributed by atoms with E-state index in [1.54, 1.807) is 12.1 Å². The summed E-state index contributed by atoms with van der Waals surface area (Å²) in [6, 6.07) is 6.99. The molecule has 0 bridgehead atoms. The molecular formula is C13H19N3O2. The van der Waals surface area contributed by atoms with Crippen LogP contribution in [-0.2, 0) is 4.79 Å². The molecule has 18 heavy (non-hydrogen) atoms. The molecule has 5 nitrogen and oxygen atoms in total. The molecule has 1 aromatic carbocycles. The molecule has 0 saturated carbocycles. The number of carbonyl (C=O) groups is 1. The largest absolute Gasteiger partial charge is 0.508 e. The molecule has 5 heteroatoms. The zero-order valence-corrected chi connectivity index (χ0v) is 10.5. The Morgan fingerprint density at radius 2 is 1.78 bits per heavy atom. The molecule has 1 saturated heterocycles. The molecule has 1 heterocycles. The van der Waals surface area contributed by atoms with E-state index in [0.717, 1.165) is 31.9 Å². The molecule has 0 unspecified atom stereocenters. The lowest BCUT2D eigenvalue weighted by Gasteiger charge is -2.38. The van der Waals surface area contributed by atoms with Gasteiger partial charge in [-0.25, -0.2) is 0 Å². The summed E-state index contributed by atoms with van der Waals surface area (Å²) in [5, 5.41) is 9.25. The minimum atomic E-state index is -0.270. The minimum Gasteiger partial charge on any atom is -0.508 e. The number of carbonyl (C=O) groups excluding carboxylic acids is 1. The summed E-state index contributed by atoms with van der Waals surface area (Å²) >= 11 is 0. The van der Waals surface area contributed by atoms with Gasteiger partial charge in [0.05, 0.1) is 6.04 Å². The number of hydrogen-bond donors (Lipinski definition) is 2. The quantitative estimate of drug-likeness (QED) is 0.813. The first-order valence-electron chi connectivity index (χ1n) is 6.15. The maximum atomic E-state index is 11.1. The molecule has 2 rings (SSSR count). The van der Waals surface area contributed by atoms with E-state index >= 15 is 0 Å². The van der Waals surface area contributed by atoms with Gasteiger partial charge >= 0.3 is 0 Å². The molecular weight excluding hydrogens is 230 g/mol. The number of amides is 1. The highest BCUT2D eigenvalue weighted by Gasteiger charge is 2.23. The highest BCUT2D eigenvalue weighted by molar-refractivity contribution is 5.79. The summed E-state index contributed by atoms with van der Waals surface area (Å²) in [5.74, 6) is 0.00724. The molecule has 0 radical (unpaired) electrons. The summed E-state index contributed by atoms with van der Waals surface area (Å²) in [4.78, 5) is 15.5. The van der Waals surface area contributed by atoms with Crippen LogP contribution in [0.1, 0.15) is 6.92 Å². The number of piperazine rings is 1. The van der Waals surface area contributed by atoms with Crippen LogP contribution in [0.15, 0.2) is 24.3 Å². The highest BCUT2D eigenvalue weighted by Crippen LogP contribution is 2.20. The molecule has 0 spiro atoms. The van der Waals surface area contributed by atoms with E-state index in [-0.39, 0.29) is 17.7 Å². The van der Waals surface area contributed by atoms with Crippen LogP contribution in [0.25, 0.3) is 0 Å². The van der Waals surface area contributed by atoms with Gasteiger partial charge < -0.3 is 15.7 Å². The van der Waals surface area contributed by atoms with Gasteiger partial charge in [-0.15, -0.1) is 0 Å². The van der Waals surface area contributed by atoms with Crippen LogP contribution in [0.3, 0.4) is 0 Å². The number of phenolic OH excluding ortho intramolecular Hbond substituents is 1. The number of nitrogens with two attached hydrogens (primary N) is 1. The second kappa shape index (κ2) is 5.27. The van der Waals surface area contributed by atoms with Gasteiger partial charge in [-0.3, -0.25) is 9.69 Å². The van der Waals surface area contributed by atoms with Crippen LogP contribution in [-0.4, -0.2) is 48.1 Å². The Bertz CT molecular complexity index is 411. The number of phenols is 1. The predicted molar refractivity (Wildman–Crippen MR) is 70.5 cm³/mol. The summed E-state index contributed by atoms with van der Waals surface area (Å²) in [6.07, 6.45) is 0. The van der Waals surface area contributed by atoms with Gasteiger partial charge in [-0.05, 0) is 31.2 Å². The van der Waals surface area contributed by atoms with Crippen LogP contribution in [0, 0.1) is 0 Å². The van der Waals surface area contributed by atoms with E-state index in [9.17, 15) is 9.90 Å². The lowest BCUT2D eigenvalue weighted by atomic mass is 10.2. The van der Waals surface area contributed by atoms with E-state index in [2.05, 4.69) is 9.80 Å². The Kier molecular flexibility index (Phi) is 3.72. The Morgan fingerprint density at radius 3 is 2.28 bits per heavy atom. The van der Waals surface area contributed by atoms with Crippen LogP contribution in [0.4, 0.5) is 5.69 Å². The van der Waals surface area contributed by atoms with Crippen molar-refractivity contribution in [3.63, 3.8) is 0 Å². The molecule has 3 N–H and O–H groups in total. The molecule has 1 atom stereocenters. The van der Waals surface area contributed by atoms with Crippen molar-refractivity contribution in [1.29, 1.82) is 0 Å². The monoisotopic (exact) mass is 249 g/mol. The normalized spacial score (nSPS) is 18.6. The van der Waals surface area contributed by atoms with Crippen LogP contribution < -0.4 is 10.6 Å². The minimum absolute atomic E-state index is 0.202. The predicted octanol–water partition coefficient (Wildman–Crippen LogP) is 0.388. The first-order valence-corrected chi connectivity index (χ1v) is 6.15. The zero-order chi connectivity index (χ0) is 13.1. The number of benzene rings is 1. The van der Waals surface area contributed by atoms with Crippen molar-refractivity contribution in [3.05, 3.63) is 24.3 Å². The molecule has 98 valence electrons. The Morgan fingerprint density at radius 1 is 1.22 bits per heavy atom. The van der Waals surface area contributed by atoms with Crippen molar-refractivity contribution < 1.29 is 9.90 Å². The average Bonchev–Trinajstić information content (AvgIpc) is 2.39. The lowest BCUT2D eigenvalue weighted by molar-refractivity contribution is -0.122. The van der Waals surface area contributed by atoms with Crippen LogP contribution in [0.5, 0.6) is 5.75 Å². The third-order valence-corrected chi connectivity index (χ3v) is 3.49. The van der Waals surface area contributed by atoms with Gasteiger partial charge in [-0.1, -0.05) is 0 Å². The Hall–Kier alpha value is -1.75. The number of anilines is 1. The fourth-order valence-corrected chi connectivity index (χ4v) is 2.21. The number of primary amides is 1. The second-order valence-electron chi connectivity index (χ2n) is 4.62. The molecule has 1 aliphatic rings. The third kappa shape index (κ3) is 2.73. The van der Waals surface area contributed by atoms with Gasteiger partial charge in [-0.2, -0.15) is 0 Å². The smallest absolute Gasteiger partial charge is 0.234 e. The van der Waals surface area contributed by atoms with E-state index in [1.165, 1.54) is 0 Å². The van der Waals surface area contributed by atoms with Crippen LogP contribution in [0.2, 0.25) is 0 Å². The maximum Gasteiger partial charge on any atom is 0.234 e. The number of aromatic hydroxyl groups is 1. The molecule has 0 aromatic heterocycles. The SMILES string of the molecule is C[C@H](C(N)=O)N1CCN(c2ccc(O)cc2)CC1. The summed E-state index contributed by atoms with van der Waals surface area (Å²) in [6.45, 7) is 5.22. The molecule has 1 amide bonds. The average molecular weight is 249 g/mol. The van der Waals surface area contributed by atoms with Crippen molar-refractivity contribution in [2.24, 2.45) is 5.73 Å². The standard InChI is InChI=1S/C13H19N3O2/c1-10(13(14)18)15-6-8-16(9-7-15)11-2-4-12(17)5-3-11/h2-5,10,17H,6-9H2,1H3,(H2,14,18)/t10-/m1/s1. The molecule has 1 fully saturated rings. The second-order valence-corrected chi connectivity index (χ2v) is 4.62. The van der Waals surface area contributed by atoms with Crippen molar-refractivity contribution in [1.82, 2.24) is 4.90 Å². The molecule has 0 aliphatic carbocycles. The summed E-state index contributed by atoms with van der Waals surface area (Å²) < 4.78 is 0. The van der Waals surface area contributed by atoms with Gasteiger partial charge in [0, 0.05) is 31.9 Å². The van der Waals surface area contributed by atoms with E-state index < -0.39 is 0 Å². The first-order chi connectivity index (χ1) is 8.58. The Balaban J connectivity index is 1.94. The fourth-order valence-electron chi connectivity index (χ4n) is 2.21. The zero-order valence-electron chi connectivity index (χ0n) is 10.5. The number of hydrogen-bond acceptors (Lipinski definition) is 4. The van der Waals surface area contributed by atoms with Gasteiger partial charge in [0.25, 0.3) is 0 Å². The van der Waals surface area contributed by atoms with Crippen molar-refractivity contribution in [3.8, 4) is 5.75 Å². The summed E-state index contributed by atoms with van der Waals surface area (Å²) in [5.41, 5.74) is 6.40. The highest BCUT2D eigenvalue weighted by atomic mass is 16.3. The first kappa shape index (κ1) is 12.7. The van der Waals surface area contributed by atoms with Gasteiger partial charge in [0.1, 0.15) is 5.75 Å².